The average Bonchev–Trinajstić information content (AvgIpc) is 3.25. The number of ether oxygens (including phenoxy) is 2. The van der Waals surface area contributed by atoms with E-state index in [0.29, 0.717) is 54.4 Å². The summed E-state index contributed by atoms with van der Waals surface area (Å²) < 4.78 is 11.1. The van der Waals surface area contributed by atoms with E-state index < -0.39 is 0 Å². The second-order valence-electron chi connectivity index (χ2n) is 7.57. The first-order chi connectivity index (χ1) is 14.1. The van der Waals surface area contributed by atoms with Crippen LogP contribution in [-0.2, 0) is 11.2 Å². The van der Waals surface area contributed by atoms with Crippen LogP contribution in [0.15, 0.2) is 12.1 Å². The van der Waals surface area contributed by atoms with Gasteiger partial charge in [-0.1, -0.05) is 18.0 Å². The SMILES string of the molecule is O=C(CCCCC1SCC2NC(=O)NC21)NCCc1cc(Cl)c2c(c1)OCCO2. The van der Waals surface area contributed by atoms with Crippen LogP contribution in [-0.4, -0.2) is 54.8 Å². The fourth-order valence-corrected chi connectivity index (χ4v) is 5.85. The van der Waals surface area contributed by atoms with Crippen LogP contribution in [0.4, 0.5) is 4.79 Å². The monoisotopic (exact) mass is 439 g/mol. The van der Waals surface area contributed by atoms with Crippen molar-refractivity contribution in [1.29, 1.82) is 0 Å². The number of carbonyl (C=O) groups is 2. The normalized spacial score (nSPS) is 24.6. The number of benzene rings is 1. The van der Waals surface area contributed by atoms with Crippen molar-refractivity contribution < 1.29 is 19.1 Å². The van der Waals surface area contributed by atoms with Crippen molar-refractivity contribution in [3.8, 4) is 11.5 Å². The Labute approximate surface area is 179 Å². The fourth-order valence-electron chi connectivity index (χ4n) is 4.02. The molecule has 3 atom stereocenters. The highest BCUT2D eigenvalue weighted by Crippen LogP contribution is 2.38. The second-order valence-corrected chi connectivity index (χ2v) is 9.25. The van der Waals surface area contributed by atoms with Gasteiger partial charge >= 0.3 is 6.03 Å². The van der Waals surface area contributed by atoms with Gasteiger partial charge in [0.25, 0.3) is 0 Å². The zero-order valence-electron chi connectivity index (χ0n) is 16.2. The lowest BCUT2D eigenvalue weighted by molar-refractivity contribution is -0.121. The van der Waals surface area contributed by atoms with E-state index in [1.54, 1.807) is 0 Å². The highest BCUT2D eigenvalue weighted by molar-refractivity contribution is 8.00. The van der Waals surface area contributed by atoms with E-state index in [1.807, 2.05) is 23.9 Å². The number of nitrogens with one attached hydrogen (secondary N) is 3. The predicted molar refractivity (Wildman–Crippen MR) is 113 cm³/mol. The molecule has 0 bridgehead atoms. The molecule has 7 nitrogen and oxygen atoms in total. The summed E-state index contributed by atoms with van der Waals surface area (Å²) in [6.45, 7) is 1.59. The molecule has 0 aliphatic carbocycles. The molecule has 9 heteroatoms. The van der Waals surface area contributed by atoms with Gasteiger partial charge in [0.05, 0.1) is 17.1 Å². The summed E-state index contributed by atoms with van der Waals surface area (Å²) in [7, 11) is 0. The van der Waals surface area contributed by atoms with Crippen LogP contribution < -0.4 is 25.4 Å². The van der Waals surface area contributed by atoms with Gasteiger partial charge in [0.1, 0.15) is 13.2 Å². The van der Waals surface area contributed by atoms with E-state index >= 15 is 0 Å². The lowest BCUT2D eigenvalue weighted by Gasteiger charge is -2.20. The molecule has 158 valence electrons. The number of unbranched alkanes of at least 4 members (excludes halogenated alkanes) is 1. The average molecular weight is 440 g/mol. The Bertz CT molecular complexity index is 778. The van der Waals surface area contributed by atoms with Gasteiger partial charge in [-0.15, -0.1) is 0 Å². The van der Waals surface area contributed by atoms with Crippen LogP contribution in [0.1, 0.15) is 31.2 Å². The van der Waals surface area contributed by atoms with Gasteiger partial charge in [-0.25, -0.2) is 4.79 Å². The third kappa shape index (κ3) is 5.04. The molecule has 0 aromatic heterocycles. The van der Waals surface area contributed by atoms with Crippen LogP contribution in [0.3, 0.4) is 0 Å². The van der Waals surface area contributed by atoms with Crippen LogP contribution in [0.25, 0.3) is 0 Å². The van der Waals surface area contributed by atoms with Gasteiger partial charge in [-0.2, -0.15) is 11.8 Å². The standard InChI is InChI=1S/C20H26ClN3O4S/c21-13-9-12(10-15-19(13)28-8-7-27-15)5-6-22-17(25)4-2-1-3-16-18-14(11-29-16)23-20(26)24-18/h9-10,14,16,18H,1-8,11H2,(H,22,25)(H2,23,24,26). The molecule has 3 amide bonds. The van der Waals surface area contributed by atoms with Gasteiger partial charge in [-0.3, -0.25) is 4.79 Å². The number of fused-ring (bicyclic) bond motifs is 2. The van der Waals surface area contributed by atoms with Crippen LogP contribution in [0, 0.1) is 0 Å². The van der Waals surface area contributed by atoms with Crippen molar-refractivity contribution in [2.24, 2.45) is 0 Å². The number of hydrogen-bond donors (Lipinski definition) is 3. The Morgan fingerprint density at radius 3 is 3.00 bits per heavy atom. The van der Waals surface area contributed by atoms with E-state index in [-0.39, 0.29) is 24.0 Å². The zero-order chi connectivity index (χ0) is 20.2. The molecule has 0 saturated carbocycles. The molecule has 1 aromatic carbocycles. The molecule has 1 aromatic rings. The molecule has 0 spiro atoms. The minimum absolute atomic E-state index is 0.0519. The fraction of sp³-hybridized carbons (Fsp3) is 0.600. The first-order valence-corrected chi connectivity index (χ1v) is 11.6. The van der Waals surface area contributed by atoms with Crippen LogP contribution in [0.5, 0.6) is 11.5 Å². The Balaban J connectivity index is 1.12. The molecule has 2 saturated heterocycles. The minimum atomic E-state index is -0.0519. The third-order valence-corrected chi connectivity index (χ3v) is 7.26. The van der Waals surface area contributed by atoms with Crippen molar-refractivity contribution in [3.05, 3.63) is 22.7 Å². The van der Waals surface area contributed by atoms with E-state index in [0.717, 1.165) is 30.6 Å². The van der Waals surface area contributed by atoms with Gasteiger partial charge in [0.2, 0.25) is 5.91 Å². The number of thioether (sulfide) groups is 1. The van der Waals surface area contributed by atoms with Crippen molar-refractivity contribution in [2.75, 3.05) is 25.5 Å². The first kappa shape index (κ1) is 20.5. The van der Waals surface area contributed by atoms with Crippen LogP contribution >= 0.6 is 23.4 Å². The quantitative estimate of drug-likeness (QED) is 0.428. The lowest BCUT2D eigenvalue weighted by atomic mass is 10.0. The molecule has 3 heterocycles. The van der Waals surface area contributed by atoms with Crippen molar-refractivity contribution >= 4 is 35.3 Å². The number of urea groups is 1. The van der Waals surface area contributed by atoms with Gasteiger partial charge in [0, 0.05) is 24.0 Å². The summed E-state index contributed by atoms with van der Waals surface area (Å²) in [5.74, 6) is 2.32. The molecule has 0 radical (unpaired) electrons. The number of rotatable bonds is 8. The van der Waals surface area contributed by atoms with Crippen molar-refractivity contribution in [2.45, 2.75) is 49.4 Å². The highest BCUT2D eigenvalue weighted by atomic mass is 35.5. The first-order valence-electron chi connectivity index (χ1n) is 10.1. The van der Waals surface area contributed by atoms with E-state index in [4.69, 9.17) is 21.1 Å². The Morgan fingerprint density at radius 1 is 1.24 bits per heavy atom. The number of halogens is 1. The predicted octanol–water partition coefficient (Wildman–Crippen LogP) is 2.50. The number of hydrogen-bond acceptors (Lipinski definition) is 5. The summed E-state index contributed by atoms with van der Waals surface area (Å²) >= 11 is 8.16. The smallest absolute Gasteiger partial charge is 0.315 e. The maximum absolute atomic E-state index is 12.1. The molecule has 2 fully saturated rings. The Hall–Kier alpha value is -1.80. The molecular weight excluding hydrogens is 414 g/mol. The Morgan fingerprint density at radius 2 is 2.10 bits per heavy atom. The molecule has 4 rings (SSSR count). The summed E-state index contributed by atoms with van der Waals surface area (Å²) in [6, 6.07) is 4.23. The zero-order valence-corrected chi connectivity index (χ0v) is 17.7. The van der Waals surface area contributed by atoms with Crippen LogP contribution in [0.2, 0.25) is 5.02 Å². The van der Waals surface area contributed by atoms with Gasteiger partial charge in [0.15, 0.2) is 11.5 Å². The van der Waals surface area contributed by atoms with Gasteiger partial charge < -0.3 is 25.4 Å². The van der Waals surface area contributed by atoms with Crippen molar-refractivity contribution in [1.82, 2.24) is 16.0 Å². The van der Waals surface area contributed by atoms with E-state index in [1.165, 1.54) is 0 Å². The summed E-state index contributed by atoms with van der Waals surface area (Å²) in [5, 5.41) is 9.93. The lowest BCUT2D eigenvalue weighted by Crippen LogP contribution is -2.36. The largest absolute Gasteiger partial charge is 0.486 e. The molecule has 29 heavy (non-hydrogen) atoms. The minimum Gasteiger partial charge on any atom is -0.486 e. The summed E-state index contributed by atoms with van der Waals surface area (Å²) in [4.78, 5) is 23.5. The van der Waals surface area contributed by atoms with E-state index in [2.05, 4.69) is 16.0 Å². The maximum atomic E-state index is 12.1. The molecule has 3 N–H and O–H groups in total. The highest BCUT2D eigenvalue weighted by Gasteiger charge is 2.42. The number of carbonyl (C=O) groups excluding carboxylic acids is 2. The Kier molecular flexibility index (Phi) is 6.60. The summed E-state index contributed by atoms with van der Waals surface area (Å²) in [6.07, 6.45) is 4.09. The van der Waals surface area contributed by atoms with Crippen molar-refractivity contribution in [3.63, 3.8) is 0 Å². The van der Waals surface area contributed by atoms with Gasteiger partial charge in [-0.05, 0) is 37.0 Å². The topological polar surface area (TPSA) is 88.7 Å². The third-order valence-electron chi connectivity index (χ3n) is 5.47. The van der Waals surface area contributed by atoms with E-state index in [9.17, 15) is 9.59 Å². The molecule has 3 aliphatic rings. The molecular formula is C20H26ClN3O4S. The second kappa shape index (κ2) is 9.34. The molecule has 3 aliphatic heterocycles. The number of amides is 3. The maximum Gasteiger partial charge on any atom is 0.315 e. The summed E-state index contributed by atoms with van der Waals surface area (Å²) in [5.41, 5.74) is 1.01. The molecule has 3 unspecified atom stereocenters.